The van der Waals surface area contributed by atoms with Crippen LogP contribution in [-0.2, 0) is 4.74 Å². The molecule has 0 fully saturated rings. The molecule has 0 aliphatic carbocycles. The molecule has 0 aliphatic rings. The van der Waals surface area contributed by atoms with Crippen LogP contribution in [0.15, 0.2) is 12.3 Å². The van der Waals surface area contributed by atoms with Crippen LogP contribution in [0.4, 0.5) is 0 Å². The first kappa shape index (κ1) is 13.2. The van der Waals surface area contributed by atoms with Crippen molar-refractivity contribution in [3.8, 4) is 0 Å². The number of carbonyl (C=O) groups is 1. The van der Waals surface area contributed by atoms with Crippen LogP contribution in [0.1, 0.15) is 16.8 Å². The fourth-order valence-corrected chi connectivity index (χ4v) is 1.45. The summed E-state index contributed by atoms with van der Waals surface area (Å²) in [5.41, 5.74) is 0.332. The van der Waals surface area contributed by atoms with Crippen molar-refractivity contribution in [1.82, 2.24) is 10.3 Å². The molecule has 1 aromatic heterocycles. The van der Waals surface area contributed by atoms with Crippen molar-refractivity contribution in [3.05, 3.63) is 28.0 Å². The smallest absolute Gasteiger partial charge is 0.252 e. The van der Waals surface area contributed by atoms with Gasteiger partial charge in [0.2, 0.25) is 0 Å². The monoisotopic (exact) mass is 262 g/mol. The molecule has 88 valence electrons. The quantitative estimate of drug-likeness (QED) is 0.654. The van der Waals surface area contributed by atoms with E-state index >= 15 is 0 Å². The summed E-state index contributed by atoms with van der Waals surface area (Å²) >= 11 is 11.5. The molecule has 1 heterocycles. The molecule has 1 rings (SSSR count). The van der Waals surface area contributed by atoms with E-state index in [1.54, 1.807) is 7.11 Å². The van der Waals surface area contributed by atoms with E-state index in [0.717, 1.165) is 6.42 Å². The minimum absolute atomic E-state index is 0.242. The Morgan fingerprint density at radius 3 is 3.00 bits per heavy atom. The highest BCUT2D eigenvalue weighted by Gasteiger charge is 2.10. The minimum Gasteiger partial charge on any atom is -0.385 e. The van der Waals surface area contributed by atoms with Crippen LogP contribution in [0.2, 0.25) is 10.2 Å². The van der Waals surface area contributed by atoms with Crippen LogP contribution in [0.25, 0.3) is 0 Å². The molecule has 0 spiro atoms. The topological polar surface area (TPSA) is 51.2 Å². The number of carbonyl (C=O) groups excluding carboxylic acids is 1. The zero-order valence-electron chi connectivity index (χ0n) is 8.80. The lowest BCUT2D eigenvalue weighted by molar-refractivity contribution is 0.0948. The van der Waals surface area contributed by atoms with Gasteiger partial charge in [0.25, 0.3) is 5.91 Å². The summed E-state index contributed by atoms with van der Waals surface area (Å²) in [6, 6.07) is 1.44. The van der Waals surface area contributed by atoms with Gasteiger partial charge in [0, 0.05) is 26.5 Å². The van der Waals surface area contributed by atoms with Crippen molar-refractivity contribution in [2.45, 2.75) is 6.42 Å². The third-order valence-corrected chi connectivity index (χ3v) is 2.39. The van der Waals surface area contributed by atoms with Gasteiger partial charge in [0.1, 0.15) is 5.15 Å². The van der Waals surface area contributed by atoms with Crippen molar-refractivity contribution in [2.24, 2.45) is 0 Å². The zero-order chi connectivity index (χ0) is 12.0. The molecule has 1 amide bonds. The number of hydrogen-bond acceptors (Lipinski definition) is 3. The molecule has 6 heteroatoms. The molecule has 16 heavy (non-hydrogen) atoms. The summed E-state index contributed by atoms with van der Waals surface area (Å²) in [6.07, 6.45) is 2.10. The van der Waals surface area contributed by atoms with Crippen molar-refractivity contribution in [1.29, 1.82) is 0 Å². The van der Waals surface area contributed by atoms with E-state index in [0.29, 0.717) is 18.7 Å². The molecule has 4 nitrogen and oxygen atoms in total. The number of ether oxygens (including phenoxy) is 1. The van der Waals surface area contributed by atoms with Gasteiger partial charge in [-0.15, -0.1) is 0 Å². The molecule has 0 radical (unpaired) electrons. The Kier molecular flexibility index (Phi) is 5.52. The Bertz CT molecular complexity index is 372. The summed E-state index contributed by atoms with van der Waals surface area (Å²) in [6.45, 7) is 1.13. The maximum absolute atomic E-state index is 11.7. The summed E-state index contributed by atoms with van der Waals surface area (Å²) in [5, 5.41) is 3.24. The Morgan fingerprint density at radius 1 is 1.56 bits per heavy atom. The van der Waals surface area contributed by atoms with E-state index in [4.69, 9.17) is 27.9 Å². The number of aromatic nitrogens is 1. The highest BCUT2D eigenvalue weighted by atomic mass is 35.5. The number of amides is 1. The zero-order valence-corrected chi connectivity index (χ0v) is 10.3. The van der Waals surface area contributed by atoms with Crippen LogP contribution < -0.4 is 5.32 Å². The van der Waals surface area contributed by atoms with Crippen molar-refractivity contribution in [3.63, 3.8) is 0 Å². The van der Waals surface area contributed by atoms with E-state index in [1.165, 1.54) is 12.3 Å². The highest BCUT2D eigenvalue weighted by molar-refractivity contribution is 6.35. The fourth-order valence-electron chi connectivity index (χ4n) is 1.10. The van der Waals surface area contributed by atoms with E-state index in [9.17, 15) is 4.79 Å². The number of halogens is 2. The number of nitrogens with zero attached hydrogens (tertiary/aromatic N) is 1. The summed E-state index contributed by atoms with van der Waals surface area (Å²) in [7, 11) is 1.61. The maximum atomic E-state index is 11.7. The van der Waals surface area contributed by atoms with Crippen molar-refractivity contribution in [2.75, 3.05) is 20.3 Å². The summed E-state index contributed by atoms with van der Waals surface area (Å²) in [4.78, 5) is 15.4. The Labute approximate surface area is 104 Å². The fraction of sp³-hybridized carbons (Fsp3) is 0.400. The average Bonchev–Trinajstić information content (AvgIpc) is 2.27. The number of hydrogen-bond donors (Lipinski definition) is 1. The molecule has 0 aliphatic heterocycles. The first-order valence-electron chi connectivity index (χ1n) is 4.73. The number of methoxy groups -OCH3 is 1. The number of rotatable bonds is 5. The molecule has 1 N–H and O–H groups in total. The first-order valence-corrected chi connectivity index (χ1v) is 5.49. The predicted octanol–water partition coefficient (Wildman–Crippen LogP) is 2.15. The minimum atomic E-state index is -0.259. The summed E-state index contributed by atoms with van der Waals surface area (Å²) in [5.74, 6) is -0.259. The van der Waals surface area contributed by atoms with Gasteiger partial charge >= 0.3 is 0 Å². The summed E-state index contributed by atoms with van der Waals surface area (Å²) < 4.78 is 4.86. The molecule has 0 atom stereocenters. The molecule has 1 aromatic rings. The van der Waals surface area contributed by atoms with Gasteiger partial charge in [0.15, 0.2) is 0 Å². The SMILES string of the molecule is COCCCNC(=O)c1cc(Cl)ncc1Cl. The van der Waals surface area contributed by atoms with Crippen molar-refractivity contribution >= 4 is 29.1 Å². The largest absolute Gasteiger partial charge is 0.385 e. The van der Waals surface area contributed by atoms with Crippen molar-refractivity contribution < 1.29 is 9.53 Å². The van der Waals surface area contributed by atoms with Gasteiger partial charge in [0.05, 0.1) is 10.6 Å². The molecule has 0 bridgehead atoms. The first-order chi connectivity index (χ1) is 7.65. The standard InChI is InChI=1S/C10H12Cl2N2O2/c1-16-4-2-3-13-10(15)7-5-9(12)14-6-8(7)11/h5-6H,2-4H2,1H3,(H,13,15). The molecular formula is C10H12Cl2N2O2. The van der Waals surface area contributed by atoms with E-state index < -0.39 is 0 Å². The predicted molar refractivity (Wildman–Crippen MR) is 63.1 cm³/mol. The van der Waals surface area contributed by atoms with Crippen LogP contribution in [-0.4, -0.2) is 31.2 Å². The van der Waals surface area contributed by atoms with E-state index in [-0.39, 0.29) is 16.1 Å². The Balaban J connectivity index is 2.55. The second kappa shape index (κ2) is 6.68. The lowest BCUT2D eigenvalue weighted by atomic mass is 10.2. The van der Waals surface area contributed by atoms with Crippen LogP contribution in [0.3, 0.4) is 0 Å². The number of pyridine rings is 1. The van der Waals surface area contributed by atoms with E-state index in [2.05, 4.69) is 10.3 Å². The van der Waals surface area contributed by atoms with Gasteiger partial charge in [-0.25, -0.2) is 4.98 Å². The average molecular weight is 263 g/mol. The lowest BCUT2D eigenvalue weighted by Crippen LogP contribution is -2.25. The van der Waals surface area contributed by atoms with Crippen LogP contribution >= 0.6 is 23.2 Å². The second-order valence-corrected chi connectivity index (χ2v) is 3.88. The normalized spacial score (nSPS) is 10.2. The third-order valence-electron chi connectivity index (χ3n) is 1.88. The lowest BCUT2D eigenvalue weighted by Gasteiger charge is -2.06. The highest BCUT2D eigenvalue weighted by Crippen LogP contribution is 2.17. The van der Waals surface area contributed by atoms with Gasteiger partial charge in [-0.2, -0.15) is 0 Å². The molecule has 0 aromatic carbocycles. The maximum Gasteiger partial charge on any atom is 0.252 e. The van der Waals surface area contributed by atoms with Gasteiger partial charge in [-0.3, -0.25) is 4.79 Å². The van der Waals surface area contributed by atoms with Gasteiger partial charge < -0.3 is 10.1 Å². The van der Waals surface area contributed by atoms with E-state index in [1.807, 2.05) is 0 Å². The Morgan fingerprint density at radius 2 is 2.31 bits per heavy atom. The molecule has 0 saturated carbocycles. The van der Waals surface area contributed by atoms with Gasteiger partial charge in [-0.1, -0.05) is 23.2 Å². The van der Waals surface area contributed by atoms with Gasteiger partial charge in [-0.05, 0) is 12.5 Å². The second-order valence-electron chi connectivity index (χ2n) is 3.09. The van der Waals surface area contributed by atoms with Crippen LogP contribution in [0, 0.1) is 0 Å². The van der Waals surface area contributed by atoms with Crippen LogP contribution in [0.5, 0.6) is 0 Å². The molecule has 0 saturated heterocycles. The number of nitrogens with one attached hydrogen (secondary N) is 1. The molecular weight excluding hydrogens is 251 g/mol. The third kappa shape index (κ3) is 3.96. The molecule has 0 unspecified atom stereocenters. The Hall–Kier alpha value is -0.840.